The van der Waals surface area contributed by atoms with Crippen LogP contribution in [0.5, 0.6) is 0 Å². The van der Waals surface area contributed by atoms with Gasteiger partial charge in [-0.15, -0.1) is 0 Å². The average molecular weight is 278 g/mol. The first-order valence-corrected chi connectivity index (χ1v) is 6.97. The second-order valence-corrected chi connectivity index (χ2v) is 6.07. The lowest BCUT2D eigenvalue weighted by Crippen LogP contribution is -2.27. The summed E-state index contributed by atoms with van der Waals surface area (Å²) in [6.45, 7) is 10.5. The number of carbonyl (C=O) groups is 1. The molecule has 2 N–H and O–H groups in total. The summed E-state index contributed by atoms with van der Waals surface area (Å²) in [6.07, 6.45) is 0.520. The van der Waals surface area contributed by atoms with Gasteiger partial charge in [0.25, 0.3) is 0 Å². The average Bonchev–Trinajstić information content (AvgIpc) is 2.30. The zero-order chi connectivity index (χ0) is 15.3. The molecular formula is C16H26N2O2. The molecule has 1 amide bonds. The highest BCUT2D eigenvalue weighted by molar-refractivity contribution is 5.86. The molecule has 0 spiro atoms. The molecule has 0 aromatic heterocycles. The Hall–Kier alpha value is -1.55. The Balaban J connectivity index is 2.88. The summed E-state index contributed by atoms with van der Waals surface area (Å²) in [5, 5.41) is 5.97. The van der Waals surface area contributed by atoms with E-state index in [9.17, 15) is 4.79 Å². The number of aryl methyl sites for hydroxylation is 1. The second-order valence-electron chi connectivity index (χ2n) is 6.07. The standard InChI is InChI=1S/C16H26N2O2/c1-11-9-13(7-8-17-6)10-14(12(11)2)18-15(19)20-16(3,4)5/h9-10,17H,7-8H2,1-6H3,(H,18,19). The molecule has 0 fully saturated rings. The van der Waals surface area contributed by atoms with Crippen LogP contribution in [0.3, 0.4) is 0 Å². The molecule has 0 bridgehead atoms. The molecular weight excluding hydrogens is 252 g/mol. The van der Waals surface area contributed by atoms with Gasteiger partial charge in [-0.3, -0.25) is 5.32 Å². The number of anilines is 1. The van der Waals surface area contributed by atoms with Crippen molar-refractivity contribution in [3.63, 3.8) is 0 Å². The van der Waals surface area contributed by atoms with Crippen molar-refractivity contribution in [1.82, 2.24) is 5.32 Å². The van der Waals surface area contributed by atoms with E-state index in [1.54, 1.807) is 0 Å². The fourth-order valence-electron chi connectivity index (χ4n) is 1.89. The predicted octanol–water partition coefficient (Wildman–Crippen LogP) is 3.41. The Kier molecular flexibility index (Phi) is 5.57. The molecule has 20 heavy (non-hydrogen) atoms. The molecule has 0 radical (unpaired) electrons. The summed E-state index contributed by atoms with van der Waals surface area (Å²) in [4.78, 5) is 11.9. The van der Waals surface area contributed by atoms with Crippen molar-refractivity contribution in [3.8, 4) is 0 Å². The first-order valence-electron chi connectivity index (χ1n) is 6.97. The zero-order valence-corrected chi connectivity index (χ0v) is 13.4. The van der Waals surface area contributed by atoms with Gasteiger partial charge in [0.2, 0.25) is 0 Å². The van der Waals surface area contributed by atoms with E-state index >= 15 is 0 Å². The number of amides is 1. The molecule has 0 aliphatic carbocycles. The zero-order valence-electron chi connectivity index (χ0n) is 13.4. The minimum absolute atomic E-state index is 0.411. The van der Waals surface area contributed by atoms with Gasteiger partial charge in [0.05, 0.1) is 0 Å². The van der Waals surface area contributed by atoms with Gasteiger partial charge in [0.15, 0.2) is 0 Å². The van der Waals surface area contributed by atoms with Crippen LogP contribution >= 0.6 is 0 Å². The highest BCUT2D eigenvalue weighted by atomic mass is 16.6. The molecule has 0 saturated carbocycles. The summed E-state index contributed by atoms with van der Waals surface area (Å²) in [6, 6.07) is 4.18. The number of hydrogen-bond acceptors (Lipinski definition) is 3. The van der Waals surface area contributed by atoms with Gasteiger partial charge in [-0.05, 0) is 77.4 Å². The Morgan fingerprint density at radius 3 is 2.45 bits per heavy atom. The maximum atomic E-state index is 11.9. The Morgan fingerprint density at radius 2 is 1.90 bits per heavy atom. The third-order valence-corrected chi connectivity index (χ3v) is 3.03. The van der Waals surface area contributed by atoms with E-state index in [4.69, 9.17) is 4.74 Å². The quantitative estimate of drug-likeness (QED) is 0.887. The number of rotatable bonds is 4. The van der Waals surface area contributed by atoms with Gasteiger partial charge in [-0.2, -0.15) is 0 Å². The van der Waals surface area contributed by atoms with Crippen molar-refractivity contribution in [1.29, 1.82) is 0 Å². The Morgan fingerprint density at radius 1 is 1.25 bits per heavy atom. The van der Waals surface area contributed by atoms with Crippen molar-refractivity contribution in [3.05, 3.63) is 28.8 Å². The van der Waals surface area contributed by atoms with E-state index in [2.05, 4.69) is 23.6 Å². The molecule has 1 aromatic carbocycles. The third kappa shape index (κ3) is 5.21. The number of benzene rings is 1. The van der Waals surface area contributed by atoms with Crippen molar-refractivity contribution in [2.75, 3.05) is 18.9 Å². The SMILES string of the molecule is CNCCc1cc(C)c(C)c(NC(=O)OC(C)(C)C)c1. The third-order valence-electron chi connectivity index (χ3n) is 3.03. The van der Waals surface area contributed by atoms with E-state index in [-0.39, 0.29) is 0 Å². The predicted molar refractivity (Wildman–Crippen MR) is 83.4 cm³/mol. The summed E-state index contributed by atoms with van der Waals surface area (Å²) in [5.41, 5.74) is 3.78. The van der Waals surface area contributed by atoms with Crippen LogP contribution in [0.25, 0.3) is 0 Å². The number of ether oxygens (including phenoxy) is 1. The fraction of sp³-hybridized carbons (Fsp3) is 0.562. The van der Waals surface area contributed by atoms with Crippen LogP contribution in [0.15, 0.2) is 12.1 Å². The maximum Gasteiger partial charge on any atom is 0.412 e. The number of hydrogen-bond donors (Lipinski definition) is 2. The molecule has 112 valence electrons. The van der Waals surface area contributed by atoms with Gasteiger partial charge in [-0.25, -0.2) is 4.79 Å². The van der Waals surface area contributed by atoms with Crippen molar-refractivity contribution < 1.29 is 9.53 Å². The van der Waals surface area contributed by atoms with Gasteiger partial charge in [-0.1, -0.05) is 6.07 Å². The minimum atomic E-state index is -0.489. The number of likely N-dealkylation sites (N-methyl/N-ethyl adjacent to an activating group) is 1. The first-order chi connectivity index (χ1) is 9.23. The highest BCUT2D eigenvalue weighted by Gasteiger charge is 2.17. The molecule has 4 heteroatoms. The van der Waals surface area contributed by atoms with E-state index in [0.29, 0.717) is 0 Å². The summed E-state index contributed by atoms with van der Waals surface area (Å²) >= 11 is 0. The van der Waals surface area contributed by atoms with Crippen LogP contribution in [-0.4, -0.2) is 25.3 Å². The van der Waals surface area contributed by atoms with Crippen molar-refractivity contribution >= 4 is 11.8 Å². The van der Waals surface area contributed by atoms with Crippen LogP contribution in [0.4, 0.5) is 10.5 Å². The van der Waals surface area contributed by atoms with Crippen LogP contribution in [-0.2, 0) is 11.2 Å². The van der Waals surface area contributed by atoms with Gasteiger partial charge in [0.1, 0.15) is 5.60 Å². The highest BCUT2D eigenvalue weighted by Crippen LogP contribution is 2.22. The topological polar surface area (TPSA) is 50.4 Å². The summed E-state index contributed by atoms with van der Waals surface area (Å²) in [5.74, 6) is 0. The van der Waals surface area contributed by atoms with Crippen molar-refractivity contribution in [2.45, 2.75) is 46.6 Å². The minimum Gasteiger partial charge on any atom is -0.444 e. The largest absolute Gasteiger partial charge is 0.444 e. The van der Waals surface area contributed by atoms with E-state index < -0.39 is 11.7 Å². The molecule has 4 nitrogen and oxygen atoms in total. The van der Waals surface area contributed by atoms with Crippen LogP contribution in [0.2, 0.25) is 0 Å². The van der Waals surface area contributed by atoms with Gasteiger partial charge >= 0.3 is 6.09 Å². The first kappa shape index (κ1) is 16.5. The maximum absolute atomic E-state index is 11.9. The van der Waals surface area contributed by atoms with E-state index in [0.717, 1.165) is 24.2 Å². The lowest BCUT2D eigenvalue weighted by atomic mass is 10.0. The Labute approximate surface area is 121 Å². The van der Waals surface area contributed by atoms with Gasteiger partial charge in [0, 0.05) is 5.69 Å². The molecule has 0 atom stereocenters. The van der Waals surface area contributed by atoms with Crippen molar-refractivity contribution in [2.24, 2.45) is 0 Å². The monoisotopic (exact) mass is 278 g/mol. The summed E-state index contributed by atoms with van der Waals surface area (Å²) in [7, 11) is 1.93. The molecule has 0 saturated heterocycles. The van der Waals surface area contributed by atoms with E-state index in [1.165, 1.54) is 11.1 Å². The molecule has 0 aliphatic rings. The molecule has 1 aromatic rings. The molecule has 0 heterocycles. The smallest absolute Gasteiger partial charge is 0.412 e. The van der Waals surface area contributed by atoms with E-state index in [1.807, 2.05) is 40.8 Å². The summed E-state index contributed by atoms with van der Waals surface area (Å²) < 4.78 is 5.30. The van der Waals surface area contributed by atoms with Crippen LogP contribution in [0.1, 0.15) is 37.5 Å². The van der Waals surface area contributed by atoms with Gasteiger partial charge < -0.3 is 10.1 Å². The Bertz CT molecular complexity index is 476. The lowest BCUT2D eigenvalue weighted by Gasteiger charge is -2.21. The molecule has 0 aliphatic heterocycles. The number of nitrogens with one attached hydrogen (secondary N) is 2. The molecule has 0 unspecified atom stereocenters. The number of carbonyl (C=O) groups excluding carboxylic acids is 1. The van der Waals surface area contributed by atoms with Crippen LogP contribution in [0, 0.1) is 13.8 Å². The fourth-order valence-corrected chi connectivity index (χ4v) is 1.89. The van der Waals surface area contributed by atoms with Crippen LogP contribution < -0.4 is 10.6 Å². The lowest BCUT2D eigenvalue weighted by molar-refractivity contribution is 0.0636. The second kappa shape index (κ2) is 6.75. The molecule has 1 rings (SSSR count). The normalized spacial score (nSPS) is 11.3.